The summed E-state index contributed by atoms with van der Waals surface area (Å²) in [5.41, 5.74) is 1.07. The first kappa shape index (κ1) is 15.3. The maximum Gasteiger partial charge on any atom is 0.161 e. The molecule has 0 fully saturated rings. The lowest BCUT2D eigenvalue weighted by Crippen LogP contribution is -2.24. The summed E-state index contributed by atoms with van der Waals surface area (Å²) in [6.45, 7) is 5.51. The van der Waals surface area contributed by atoms with Crippen LogP contribution in [-0.2, 0) is 6.54 Å². The Kier molecular flexibility index (Phi) is 6.46. The number of hydrogen-bond donors (Lipinski definition) is 2. The van der Waals surface area contributed by atoms with Crippen molar-refractivity contribution in [3.63, 3.8) is 0 Å². The van der Waals surface area contributed by atoms with Gasteiger partial charge >= 0.3 is 0 Å². The van der Waals surface area contributed by atoms with Gasteiger partial charge in [0.2, 0.25) is 0 Å². The summed E-state index contributed by atoms with van der Waals surface area (Å²) in [7, 11) is 1.62. The Morgan fingerprint density at radius 3 is 2.67 bits per heavy atom. The number of ether oxygens (including phenoxy) is 2. The Labute approximate surface area is 116 Å². The molecular weight excluding hydrogens is 298 g/mol. The summed E-state index contributed by atoms with van der Waals surface area (Å²) in [6.07, 6.45) is -0.353. The molecule has 0 saturated carbocycles. The monoisotopic (exact) mass is 317 g/mol. The first-order chi connectivity index (χ1) is 8.58. The van der Waals surface area contributed by atoms with E-state index in [2.05, 4.69) is 21.2 Å². The van der Waals surface area contributed by atoms with Crippen molar-refractivity contribution in [3.8, 4) is 11.5 Å². The van der Waals surface area contributed by atoms with Crippen LogP contribution in [0.5, 0.6) is 11.5 Å². The van der Waals surface area contributed by atoms with Crippen LogP contribution in [-0.4, -0.2) is 31.5 Å². The number of methoxy groups -OCH3 is 1. The van der Waals surface area contributed by atoms with Crippen molar-refractivity contribution in [2.75, 3.05) is 20.3 Å². The Hall–Kier alpha value is -0.780. The number of nitrogens with one attached hydrogen (secondary N) is 1. The van der Waals surface area contributed by atoms with Gasteiger partial charge in [-0.15, -0.1) is 0 Å². The third-order valence-electron chi connectivity index (χ3n) is 2.39. The van der Waals surface area contributed by atoms with E-state index in [1.807, 2.05) is 19.1 Å². The molecule has 18 heavy (non-hydrogen) atoms. The Morgan fingerprint density at radius 1 is 1.39 bits per heavy atom. The van der Waals surface area contributed by atoms with Crippen molar-refractivity contribution in [1.82, 2.24) is 5.32 Å². The molecule has 2 N–H and O–H groups in total. The van der Waals surface area contributed by atoms with Crippen LogP contribution in [0.4, 0.5) is 0 Å². The Morgan fingerprint density at radius 2 is 2.11 bits per heavy atom. The summed E-state index contributed by atoms with van der Waals surface area (Å²) in [4.78, 5) is 0. The van der Waals surface area contributed by atoms with Crippen LogP contribution in [0, 0.1) is 0 Å². The molecule has 1 atom stereocenters. The zero-order valence-corrected chi connectivity index (χ0v) is 12.6. The molecule has 102 valence electrons. The van der Waals surface area contributed by atoms with Gasteiger partial charge in [-0.1, -0.05) is 15.9 Å². The van der Waals surface area contributed by atoms with Crippen LogP contribution in [0.15, 0.2) is 16.6 Å². The van der Waals surface area contributed by atoms with Gasteiger partial charge in [-0.05, 0) is 31.5 Å². The zero-order chi connectivity index (χ0) is 13.5. The minimum atomic E-state index is -0.353. The van der Waals surface area contributed by atoms with Crippen molar-refractivity contribution in [1.29, 1.82) is 0 Å². The summed E-state index contributed by atoms with van der Waals surface area (Å²) < 4.78 is 11.7. The lowest BCUT2D eigenvalue weighted by Gasteiger charge is -2.14. The number of aliphatic hydroxyl groups is 1. The standard InChI is InChI=1S/C13H20BrNO3/c1-4-18-13-5-10(8-15-7-9(2)16)11(14)6-12(13)17-3/h5-6,9,15-16H,4,7-8H2,1-3H3. The van der Waals surface area contributed by atoms with Gasteiger partial charge in [0.1, 0.15) is 0 Å². The highest BCUT2D eigenvalue weighted by Gasteiger charge is 2.10. The molecule has 0 saturated heterocycles. The highest BCUT2D eigenvalue weighted by atomic mass is 79.9. The van der Waals surface area contributed by atoms with Crippen molar-refractivity contribution in [2.45, 2.75) is 26.5 Å². The fourth-order valence-electron chi connectivity index (χ4n) is 1.56. The molecule has 0 amide bonds. The van der Waals surface area contributed by atoms with E-state index in [1.54, 1.807) is 14.0 Å². The Bertz CT molecular complexity index is 383. The number of rotatable bonds is 7. The van der Waals surface area contributed by atoms with E-state index in [0.29, 0.717) is 25.4 Å². The molecule has 0 bridgehead atoms. The first-order valence-electron chi connectivity index (χ1n) is 5.96. The van der Waals surface area contributed by atoms with E-state index in [4.69, 9.17) is 9.47 Å². The maximum atomic E-state index is 9.20. The van der Waals surface area contributed by atoms with Crippen LogP contribution < -0.4 is 14.8 Å². The lowest BCUT2D eigenvalue weighted by molar-refractivity contribution is 0.191. The van der Waals surface area contributed by atoms with E-state index in [1.165, 1.54) is 0 Å². The van der Waals surface area contributed by atoms with Gasteiger partial charge in [0, 0.05) is 17.6 Å². The average Bonchev–Trinajstić information content (AvgIpc) is 2.32. The normalized spacial score (nSPS) is 12.3. The molecular formula is C13H20BrNO3. The molecule has 0 aliphatic heterocycles. The second kappa shape index (κ2) is 7.61. The van der Waals surface area contributed by atoms with Crippen LogP contribution >= 0.6 is 15.9 Å². The second-order valence-corrected chi connectivity index (χ2v) is 4.86. The van der Waals surface area contributed by atoms with E-state index >= 15 is 0 Å². The molecule has 4 nitrogen and oxygen atoms in total. The highest BCUT2D eigenvalue weighted by Crippen LogP contribution is 2.33. The molecule has 0 aliphatic carbocycles. The van der Waals surface area contributed by atoms with Gasteiger partial charge in [0.15, 0.2) is 11.5 Å². The summed E-state index contributed by atoms with van der Waals surface area (Å²) in [5, 5.41) is 12.4. The van der Waals surface area contributed by atoms with Crippen LogP contribution in [0.3, 0.4) is 0 Å². The van der Waals surface area contributed by atoms with E-state index < -0.39 is 0 Å². The van der Waals surface area contributed by atoms with E-state index in [9.17, 15) is 5.11 Å². The molecule has 1 unspecified atom stereocenters. The number of hydrogen-bond acceptors (Lipinski definition) is 4. The van der Waals surface area contributed by atoms with Crippen molar-refractivity contribution in [3.05, 3.63) is 22.2 Å². The second-order valence-electron chi connectivity index (χ2n) is 4.01. The molecule has 0 radical (unpaired) electrons. The predicted molar refractivity (Wildman–Crippen MR) is 75.3 cm³/mol. The minimum absolute atomic E-state index is 0.353. The molecule has 1 rings (SSSR count). The van der Waals surface area contributed by atoms with Crippen molar-refractivity contribution >= 4 is 15.9 Å². The van der Waals surface area contributed by atoms with Crippen LogP contribution in [0.1, 0.15) is 19.4 Å². The molecule has 0 aliphatic rings. The number of benzene rings is 1. The van der Waals surface area contributed by atoms with Gasteiger partial charge in [-0.3, -0.25) is 0 Å². The van der Waals surface area contributed by atoms with Gasteiger partial charge in [0.25, 0.3) is 0 Å². The summed E-state index contributed by atoms with van der Waals surface area (Å²) in [5.74, 6) is 1.44. The molecule has 0 heterocycles. The van der Waals surface area contributed by atoms with Gasteiger partial charge in [0.05, 0.1) is 19.8 Å². The van der Waals surface area contributed by atoms with Gasteiger partial charge in [-0.25, -0.2) is 0 Å². The first-order valence-corrected chi connectivity index (χ1v) is 6.75. The predicted octanol–water partition coefficient (Wildman–Crippen LogP) is 2.33. The fourth-order valence-corrected chi connectivity index (χ4v) is 2.02. The quantitative estimate of drug-likeness (QED) is 0.810. The SMILES string of the molecule is CCOc1cc(CNCC(C)O)c(Br)cc1OC. The van der Waals surface area contributed by atoms with Crippen LogP contribution in [0.2, 0.25) is 0 Å². The smallest absolute Gasteiger partial charge is 0.161 e. The minimum Gasteiger partial charge on any atom is -0.493 e. The molecule has 1 aromatic carbocycles. The third kappa shape index (κ3) is 4.48. The highest BCUT2D eigenvalue weighted by molar-refractivity contribution is 9.10. The fraction of sp³-hybridized carbons (Fsp3) is 0.538. The average molecular weight is 318 g/mol. The van der Waals surface area contributed by atoms with E-state index in [0.717, 1.165) is 15.8 Å². The van der Waals surface area contributed by atoms with Gasteiger partial charge < -0.3 is 19.9 Å². The van der Waals surface area contributed by atoms with Crippen LogP contribution in [0.25, 0.3) is 0 Å². The van der Waals surface area contributed by atoms with Gasteiger partial charge in [-0.2, -0.15) is 0 Å². The summed E-state index contributed by atoms with van der Waals surface area (Å²) >= 11 is 3.50. The number of aliphatic hydroxyl groups excluding tert-OH is 1. The lowest BCUT2D eigenvalue weighted by atomic mass is 10.2. The number of halogens is 1. The van der Waals surface area contributed by atoms with E-state index in [-0.39, 0.29) is 6.10 Å². The molecule has 0 aromatic heterocycles. The Balaban J connectivity index is 2.80. The third-order valence-corrected chi connectivity index (χ3v) is 3.13. The molecule has 1 aromatic rings. The topological polar surface area (TPSA) is 50.7 Å². The largest absolute Gasteiger partial charge is 0.493 e. The molecule has 5 heteroatoms. The van der Waals surface area contributed by atoms with Crippen molar-refractivity contribution in [2.24, 2.45) is 0 Å². The zero-order valence-electron chi connectivity index (χ0n) is 11.0. The maximum absolute atomic E-state index is 9.20. The molecule has 0 spiro atoms. The van der Waals surface area contributed by atoms with Crippen molar-refractivity contribution < 1.29 is 14.6 Å². The summed E-state index contributed by atoms with van der Waals surface area (Å²) in [6, 6.07) is 3.84.